The molecule has 1 heterocycles. The first-order valence-corrected chi connectivity index (χ1v) is 7.42. The predicted molar refractivity (Wildman–Crippen MR) is 84.6 cm³/mol. The van der Waals surface area contributed by atoms with Gasteiger partial charge in [-0.1, -0.05) is 29.8 Å². The second kappa shape index (κ2) is 6.68. The number of likely N-dealkylation sites (N-methyl/N-ethyl adjacent to an activating group) is 1. The number of aromatic nitrogens is 4. The van der Waals surface area contributed by atoms with Crippen LogP contribution in [0.3, 0.4) is 0 Å². The zero-order chi connectivity index (χ0) is 16.3. The van der Waals surface area contributed by atoms with E-state index in [1.165, 1.54) is 16.7 Å². The lowest BCUT2D eigenvalue weighted by molar-refractivity contribution is -0.129. The summed E-state index contributed by atoms with van der Waals surface area (Å²) < 4.78 is 0. The van der Waals surface area contributed by atoms with Crippen LogP contribution in [-0.4, -0.2) is 45.0 Å². The van der Waals surface area contributed by atoms with Gasteiger partial charge in [0.25, 0.3) is 0 Å². The Kier molecular flexibility index (Phi) is 4.90. The van der Waals surface area contributed by atoms with Crippen LogP contribution in [0.15, 0.2) is 12.1 Å². The third kappa shape index (κ3) is 3.69. The number of nitrogens with zero attached hydrogens (tertiary/aromatic N) is 4. The normalized spacial score (nSPS) is 12.2. The summed E-state index contributed by atoms with van der Waals surface area (Å²) in [7, 11) is 1.82. The number of hydrogen-bond donors (Lipinski definition) is 1. The standard InChI is InChI=1S/C16H23N5O/c1-10-6-11(2)14(12(3)7-10)8-15(22)21(5)9-13(4)16-17-19-20-18-16/h6-7,13H,8-9H2,1-5H3,(H,17,18,19,20). The van der Waals surface area contributed by atoms with Crippen LogP contribution >= 0.6 is 0 Å². The number of amides is 1. The Morgan fingerprint density at radius 3 is 2.45 bits per heavy atom. The summed E-state index contributed by atoms with van der Waals surface area (Å²) in [5.74, 6) is 0.778. The molecule has 0 aliphatic heterocycles. The Morgan fingerprint density at radius 1 is 1.27 bits per heavy atom. The van der Waals surface area contributed by atoms with E-state index >= 15 is 0 Å². The zero-order valence-electron chi connectivity index (χ0n) is 13.8. The van der Waals surface area contributed by atoms with Crippen molar-refractivity contribution in [2.24, 2.45) is 0 Å². The maximum atomic E-state index is 12.5. The third-order valence-electron chi connectivity index (χ3n) is 3.94. The molecule has 2 rings (SSSR count). The number of hydrogen-bond acceptors (Lipinski definition) is 4. The van der Waals surface area contributed by atoms with Gasteiger partial charge in [-0.15, -0.1) is 10.2 Å². The van der Waals surface area contributed by atoms with Gasteiger partial charge in [0.05, 0.1) is 6.42 Å². The highest BCUT2D eigenvalue weighted by molar-refractivity contribution is 5.79. The minimum atomic E-state index is 0.0490. The summed E-state index contributed by atoms with van der Waals surface area (Å²) >= 11 is 0. The molecule has 1 N–H and O–H groups in total. The zero-order valence-corrected chi connectivity index (χ0v) is 13.8. The van der Waals surface area contributed by atoms with Crippen LogP contribution in [0.4, 0.5) is 0 Å². The molecule has 1 atom stereocenters. The van der Waals surface area contributed by atoms with Gasteiger partial charge in [0.2, 0.25) is 5.91 Å². The van der Waals surface area contributed by atoms with E-state index in [0.29, 0.717) is 18.8 Å². The quantitative estimate of drug-likeness (QED) is 0.915. The largest absolute Gasteiger partial charge is 0.345 e. The average molecular weight is 301 g/mol. The Morgan fingerprint density at radius 2 is 1.91 bits per heavy atom. The van der Waals surface area contributed by atoms with Crippen molar-refractivity contribution in [3.63, 3.8) is 0 Å². The molecule has 1 amide bonds. The van der Waals surface area contributed by atoms with Crippen molar-refractivity contribution in [1.29, 1.82) is 0 Å². The van der Waals surface area contributed by atoms with E-state index in [2.05, 4.69) is 53.5 Å². The van der Waals surface area contributed by atoms with E-state index in [-0.39, 0.29) is 11.8 Å². The average Bonchev–Trinajstić information content (AvgIpc) is 2.96. The van der Waals surface area contributed by atoms with Gasteiger partial charge in [-0.3, -0.25) is 4.79 Å². The van der Waals surface area contributed by atoms with Gasteiger partial charge >= 0.3 is 0 Å². The maximum absolute atomic E-state index is 12.5. The number of rotatable bonds is 5. The van der Waals surface area contributed by atoms with Crippen molar-refractivity contribution >= 4 is 5.91 Å². The number of nitrogens with one attached hydrogen (secondary N) is 1. The van der Waals surface area contributed by atoms with Crippen molar-refractivity contribution in [2.45, 2.75) is 40.0 Å². The second-order valence-electron chi connectivity index (χ2n) is 6.00. The summed E-state index contributed by atoms with van der Waals surface area (Å²) in [5.41, 5.74) is 4.69. The van der Waals surface area contributed by atoms with Crippen molar-refractivity contribution < 1.29 is 4.79 Å². The molecule has 0 saturated heterocycles. The number of aromatic amines is 1. The predicted octanol–water partition coefficient (Wildman–Crippen LogP) is 1.93. The molecule has 2 aromatic rings. The van der Waals surface area contributed by atoms with Crippen molar-refractivity contribution in [3.8, 4) is 0 Å². The Bertz CT molecular complexity index is 628. The van der Waals surface area contributed by atoms with Crippen LogP contribution in [0.1, 0.15) is 40.9 Å². The molecule has 1 aromatic carbocycles. The summed E-state index contributed by atoms with van der Waals surface area (Å²) in [5, 5.41) is 13.9. The Balaban J connectivity index is 2.03. The lowest BCUT2D eigenvalue weighted by atomic mass is 9.97. The van der Waals surface area contributed by atoms with E-state index in [1.807, 2.05) is 14.0 Å². The van der Waals surface area contributed by atoms with Gasteiger partial charge in [-0.2, -0.15) is 5.21 Å². The van der Waals surface area contributed by atoms with Crippen molar-refractivity contribution in [1.82, 2.24) is 25.5 Å². The summed E-state index contributed by atoms with van der Waals surface area (Å²) in [6.45, 7) is 8.75. The van der Waals surface area contributed by atoms with Crippen LogP contribution in [0.25, 0.3) is 0 Å². The van der Waals surface area contributed by atoms with Gasteiger partial charge < -0.3 is 4.90 Å². The fourth-order valence-corrected chi connectivity index (χ4v) is 2.75. The molecule has 0 fully saturated rings. The van der Waals surface area contributed by atoms with E-state index < -0.39 is 0 Å². The molecule has 0 aliphatic carbocycles. The Labute approximate surface area is 130 Å². The lowest BCUT2D eigenvalue weighted by Gasteiger charge is -2.21. The fraction of sp³-hybridized carbons (Fsp3) is 0.500. The summed E-state index contributed by atoms with van der Waals surface area (Å²) in [6, 6.07) is 4.25. The number of carbonyl (C=O) groups excluding carboxylic acids is 1. The molecule has 0 bridgehead atoms. The molecule has 1 aromatic heterocycles. The van der Waals surface area contributed by atoms with Gasteiger partial charge in [0.1, 0.15) is 0 Å². The molecule has 118 valence electrons. The Hall–Kier alpha value is -2.24. The molecule has 6 heteroatoms. The maximum Gasteiger partial charge on any atom is 0.226 e. The molecule has 1 unspecified atom stereocenters. The highest BCUT2D eigenvalue weighted by Gasteiger charge is 2.18. The highest BCUT2D eigenvalue weighted by atomic mass is 16.2. The smallest absolute Gasteiger partial charge is 0.226 e. The van der Waals surface area contributed by atoms with Gasteiger partial charge in [-0.25, -0.2) is 0 Å². The molecule has 6 nitrogen and oxygen atoms in total. The monoisotopic (exact) mass is 301 g/mol. The molecule has 22 heavy (non-hydrogen) atoms. The van der Waals surface area contributed by atoms with Crippen molar-refractivity contribution in [2.75, 3.05) is 13.6 Å². The van der Waals surface area contributed by atoms with Gasteiger partial charge in [0, 0.05) is 19.5 Å². The number of H-pyrrole nitrogens is 1. The molecule has 0 radical (unpaired) electrons. The topological polar surface area (TPSA) is 74.8 Å². The van der Waals surface area contributed by atoms with E-state index in [1.54, 1.807) is 4.90 Å². The summed E-state index contributed by atoms with van der Waals surface area (Å²) in [4.78, 5) is 14.2. The lowest BCUT2D eigenvalue weighted by Crippen LogP contribution is -2.32. The first-order valence-electron chi connectivity index (χ1n) is 7.42. The number of benzene rings is 1. The second-order valence-corrected chi connectivity index (χ2v) is 6.00. The molecule has 0 spiro atoms. The third-order valence-corrected chi connectivity index (χ3v) is 3.94. The first-order chi connectivity index (χ1) is 10.4. The fourth-order valence-electron chi connectivity index (χ4n) is 2.75. The van der Waals surface area contributed by atoms with E-state index in [0.717, 1.165) is 5.56 Å². The summed E-state index contributed by atoms with van der Waals surface area (Å²) in [6.07, 6.45) is 0.424. The number of carbonyl (C=O) groups is 1. The van der Waals surface area contributed by atoms with Gasteiger partial charge in [-0.05, 0) is 37.5 Å². The highest BCUT2D eigenvalue weighted by Crippen LogP contribution is 2.18. The minimum Gasteiger partial charge on any atom is -0.345 e. The van der Waals surface area contributed by atoms with Gasteiger partial charge in [0.15, 0.2) is 5.82 Å². The molecule has 0 saturated carbocycles. The van der Waals surface area contributed by atoms with Crippen LogP contribution in [0, 0.1) is 20.8 Å². The number of aryl methyl sites for hydroxylation is 3. The van der Waals surface area contributed by atoms with Crippen LogP contribution in [0.2, 0.25) is 0 Å². The first kappa shape index (κ1) is 16.1. The van der Waals surface area contributed by atoms with Crippen LogP contribution in [0.5, 0.6) is 0 Å². The molecular formula is C16H23N5O. The van der Waals surface area contributed by atoms with Crippen molar-refractivity contribution in [3.05, 3.63) is 40.2 Å². The molecule has 0 aliphatic rings. The van der Waals surface area contributed by atoms with E-state index in [9.17, 15) is 4.79 Å². The number of tetrazole rings is 1. The minimum absolute atomic E-state index is 0.0490. The SMILES string of the molecule is Cc1cc(C)c(CC(=O)N(C)CC(C)c2nn[nH]n2)c(C)c1. The molecular weight excluding hydrogens is 278 g/mol. The van der Waals surface area contributed by atoms with Crippen LogP contribution < -0.4 is 0 Å². The van der Waals surface area contributed by atoms with Crippen LogP contribution in [-0.2, 0) is 11.2 Å². The van der Waals surface area contributed by atoms with E-state index in [4.69, 9.17) is 0 Å².